The lowest BCUT2D eigenvalue weighted by atomic mass is 10.2. The van der Waals surface area contributed by atoms with Gasteiger partial charge in [0, 0.05) is 6.54 Å². The third-order valence-corrected chi connectivity index (χ3v) is 2.21. The van der Waals surface area contributed by atoms with Gasteiger partial charge in [0.05, 0.1) is 0 Å². The Balaban J connectivity index is 1.82. The van der Waals surface area contributed by atoms with Gasteiger partial charge in [0.15, 0.2) is 5.82 Å². The summed E-state index contributed by atoms with van der Waals surface area (Å²) in [6.45, 7) is 2.22. The molecule has 0 aliphatic heterocycles. The summed E-state index contributed by atoms with van der Waals surface area (Å²) in [4.78, 5) is 15.5. The van der Waals surface area contributed by atoms with Crippen molar-refractivity contribution in [2.75, 3.05) is 0 Å². The van der Waals surface area contributed by atoms with Crippen molar-refractivity contribution in [3.05, 3.63) is 47.6 Å². The van der Waals surface area contributed by atoms with Crippen molar-refractivity contribution in [1.82, 2.24) is 15.5 Å². The number of amides is 1. The third-order valence-electron chi connectivity index (χ3n) is 2.21. The average molecular weight is 231 g/mol. The van der Waals surface area contributed by atoms with Crippen LogP contribution in [0.1, 0.15) is 17.3 Å². The topological polar surface area (TPSA) is 68.0 Å². The van der Waals surface area contributed by atoms with Gasteiger partial charge in [-0.15, -0.1) is 0 Å². The highest BCUT2D eigenvalue weighted by Gasteiger charge is 2.08. The molecule has 0 aliphatic rings. The molecule has 0 saturated carbocycles. The van der Waals surface area contributed by atoms with E-state index in [9.17, 15) is 4.79 Å². The van der Waals surface area contributed by atoms with Crippen LogP contribution >= 0.6 is 0 Å². The van der Waals surface area contributed by atoms with Crippen LogP contribution in [0.15, 0.2) is 34.9 Å². The number of hydrogen-bond acceptors (Lipinski definition) is 4. The molecule has 0 radical (unpaired) electrons. The fraction of sp³-hybridized carbons (Fsp3) is 0.250. The van der Waals surface area contributed by atoms with Crippen molar-refractivity contribution in [2.45, 2.75) is 19.9 Å². The maximum atomic E-state index is 11.6. The Hall–Kier alpha value is -2.17. The molecule has 5 heteroatoms. The predicted molar refractivity (Wildman–Crippen MR) is 61.0 cm³/mol. The molecule has 1 N–H and O–H groups in total. The lowest BCUT2D eigenvalue weighted by Crippen LogP contribution is -2.24. The molecule has 1 aromatic heterocycles. The summed E-state index contributed by atoms with van der Waals surface area (Å²) in [7, 11) is 0. The Kier molecular flexibility index (Phi) is 3.49. The normalized spacial score (nSPS) is 10.2. The molecule has 0 atom stereocenters. The zero-order valence-electron chi connectivity index (χ0n) is 9.51. The second-order valence-corrected chi connectivity index (χ2v) is 3.67. The van der Waals surface area contributed by atoms with Crippen LogP contribution in [-0.4, -0.2) is 16.0 Å². The summed E-state index contributed by atoms with van der Waals surface area (Å²) < 4.78 is 4.87. The van der Waals surface area contributed by atoms with Crippen LogP contribution in [0, 0.1) is 6.92 Å². The van der Waals surface area contributed by atoms with Gasteiger partial charge < -0.3 is 9.84 Å². The smallest absolute Gasteiger partial charge is 0.236 e. The molecule has 2 rings (SSSR count). The molecular formula is C12H13N3O2. The Morgan fingerprint density at radius 2 is 2.12 bits per heavy atom. The molecule has 0 aliphatic carbocycles. The number of aryl methyl sites for hydroxylation is 1. The van der Waals surface area contributed by atoms with Crippen LogP contribution in [0.25, 0.3) is 0 Å². The van der Waals surface area contributed by atoms with Crippen molar-refractivity contribution >= 4 is 5.91 Å². The number of benzene rings is 1. The lowest BCUT2D eigenvalue weighted by Gasteiger charge is -2.02. The molecule has 0 saturated heterocycles. The van der Waals surface area contributed by atoms with Crippen LogP contribution in [-0.2, 0) is 17.8 Å². The maximum Gasteiger partial charge on any atom is 0.236 e. The van der Waals surface area contributed by atoms with Crippen molar-refractivity contribution in [3.63, 3.8) is 0 Å². The first-order valence-electron chi connectivity index (χ1n) is 5.34. The highest BCUT2D eigenvalue weighted by molar-refractivity contribution is 5.77. The van der Waals surface area contributed by atoms with Gasteiger partial charge in [0.1, 0.15) is 6.42 Å². The van der Waals surface area contributed by atoms with E-state index >= 15 is 0 Å². The van der Waals surface area contributed by atoms with Crippen LogP contribution < -0.4 is 5.32 Å². The standard InChI is InChI=1S/C12H13N3O2/c1-9-14-12(17-15-9)7-11(16)13-8-10-5-3-2-4-6-10/h2-6H,7-8H2,1H3,(H,13,16). The Bertz CT molecular complexity index is 493. The van der Waals surface area contributed by atoms with Crippen molar-refractivity contribution in [3.8, 4) is 0 Å². The van der Waals surface area contributed by atoms with Crippen LogP contribution in [0.3, 0.4) is 0 Å². The Morgan fingerprint density at radius 3 is 2.76 bits per heavy atom. The SMILES string of the molecule is Cc1noc(CC(=O)NCc2ccccc2)n1. The van der Waals surface area contributed by atoms with E-state index in [0.29, 0.717) is 18.3 Å². The maximum absolute atomic E-state index is 11.6. The fourth-order valence-corrected chi connectivity index (χ4v) is 1.41. The fourth-order valence-electron chi connectivity index (χ4n) is 1.41. The molecule has 2 aromatic rings. The minimum Gasteiger partial charge on any atom is -0.352 e. The monoisotopic (exact) mass is 231 g/mol. The Labute approximate surface area is 98.8 Å². The first-order valence-corrected chi connectivity index (χ1v) is 5.34. The molecule has 1 amide bonds. The van der Waals surface area contributed by atoms with E-state index in [2.05, 4.69) is 15.5 Å². The van der Waals surface area contributed by atoms with Gasteiger partial charge >= 0.3 is 0 Å². The quantitative estimate of drug-likeness (QED) is 0.859. The van der Waals surface area contributed by atoms with E-state index in [-0.39, 0.29) is 12.3 Å². The first-order chi connectivity index (χ1) is 8.24. The summed E-state index contributed by atoms with van der Waals surface area (Å²) in [5, 5.41) is 6.41. The first kappa shape index (κ1) is 11.3. The Morgan fingerprint density at radius 1 is 1.35 bits per heavy atom. The van der Waals surface area contributed by atoms with Gasteiger partial charge in [-0.1, -0.05) is 35.5 Å². The van der Waals surface area contributed by atoms with Gasteiger partial charge in [-0.25, -0.2) is 0 Å². The molecule has 88 valence electrons. The molecule has 17 heavy (non-hydrogen) atoms. The highest BCUT2D eigenvalue weighted by atomic mass is 16.5. The van der Waals surface area contributed by atoms with Crippen LogP contribution in [0.4, 0.5) is 0 Å². The summed E-state index contributed by atoms with van der Waals surface area (Å²) in [6.07, 6.45) is 0.119. The summed E-state index contributed by atoms with van der Waals surface area (Å²) >= 11 is 0. The average Bonchev–Trinajstić information content (AvgIpc) is 2.73. The number of rotatable bonds is 4. The lowest BCUT2D eigenvalue weighted by molar-refractivity contribution is -0.120. The van der Waals surface area contributed by atoms with E-state index in [0.717, 1.165) is 5.56 Å². The molecule has 0 spiro atoms. The molecule has 0 bridgehead atoms. The largest absolute Gasteiger partial charge is 0.352 e. The van der Waals surface area contributed by atoms with E-state index in [1.807, 2.05) is 30.3 Å². The minimum atomic E-state index is -0.127. The van der Waals surface area contributed by atoms with Crippen LogP contribution in [0.5, 0.6) is 0 Å². The molecular weight excluding hydrogens is 218 g/mol. The zero-order valence-corrected chi connectivity index (χ0v) is 9.51. The van der Waals surface area contributed by atoms with Gasteiger partial charge in [-0.3, -0.25) is 4.79 Å². The third kappa shape index (κ3) is 3.41. The van der Waals surface area contributed by atoms with E-state index in [1.54, 1.807) is 6.92 Å². The highest BCUT2D eigenvalue weighted by Crippen LogP contribution is 1.99. The van der Waals surface area contributed by atoms with Gasteiger partial charge in [0.2, 0.25) is 11.8 Å². The molecule has 1 aromatic carbocycles. The zero-order chi connectivity index (χ0) is 12.1. The number of hydrogen-bond donors (Lipinski definition) is 1. The number of carbonyl (C=O) groups is 1. The summed E-state index contributed by atoms with van der Waals surface area (Å²) in [5.74, 6) is 0.751. The molecule has 0 unspecified atom stereocenters. The van der Waals surface area contributed by atoms with Crippen molar-refractivity contribution in [1.29, 1.82) is 0 Å². The summed E-state index contributed by atoms with van der Waals surface area (Å²) in [5.41, 5.74) is 1.06. The van der Waals surface area contributed by atoms with Crippen molar-refractivity contribution in [2.24, 2.45) is 0 Å². The molecule has 5 nitrogen and oxygen atoms in total. The number of aromatic nitrogens is 2. The molecule has 0 fully saturated rings. The van der Waals surface area contributed by atoms with E-state index in [1.165, 1.54) is 0 Å². The minimum absolute atomic E-state index is 0.119. The number of carbonyl (C=O) groups excluding carboxylic acids is 1. The second kappa shape index (κ2) is 5.25. The number of nitrogens with one attached hydrogen (secondary N) is 1. The predicted octanol–water partition coefficient (Wildman–Crippen LogP) is 1.24. The van der Waals surface area contributed by atoms with Gasteiger partial charge in [-0.2, -0.15) is 4.98 Å². The van der Waals surface area contributed by atoms with Crippen molar-refractivity contribution < 1.29 is 9.32 Å². The van der Waals surface area contributed by atoms with E-state index in [4.69, 9.17) is 4.52 Å². The summed E-state index contributed by atoms with van der Waals surface area (Å²) in [6, 6.07) is 9.71. The van der Waals surface area contributed by atoms with Crippen LogP contribution in [0.2, 0.25) is 0 Å². The van der Waals surface area contributed by atoms with Gasteiger partial charge in [0.25, 0.3) is 0 Å². The molecule has 1 heterocycles. The van der Waals surface area contributed by atoms with E-state index < -0.39 is 0 Å². The second-order valence-electron chi connectivity index (χ2n) is 3.67. The van der Waals surface area contributed by atoms with Gasteiger partial charge in [-0.05, 0) is 12.5 Å². The number of nitrogens with zero attached hydrogens (tertiary/aromatic N) is 2.